The number of carbonyl (C=O) groups is 2. The number of halogens is 3. The summed E-state index contributed by atoms with van der Waals surface area (Å²) in [7, 11) is 1.82. The van der Waals surface area contributed by atoms with Gasteiger partial charge in [-0.3, -0.25) is 9.59 Å². The van der Waals surface area contributed by atoms with E-state index in [4.69, 9.17) is 23.2 Å². The molecule has 5 nitrogen and oxygen atoms in total. The van der Waals surface area contributed by atoms with E-state index < -0.39 is 5.97 Å². The third kappa shape index (κ3) is 2.73. The highest BCUT2D eigenvalue weighted by Gasteiger charge is 2.31. The van der Waals surface area contributed by atoms with Crippen LogP contribution in [0.15, 0.2) is 10.5 Å². The number of aromatic nitrogens is 1. The molecule has 2 aromatic rings. The Morgan fingerprint density at radius 2 is 2.22 bits per heavy atom. The number of aryl methyl sites for hydroxylation is 1. The molecule has 0 radical (unpaired) electrons. The zero-order valence-corrected chi connectivity index (χ0v) is 15.2. The number of hydrogen-bond acceptors (Lipinski definition) is 2. The van der Waals surface area contributed by atoms with Crippen LogP contribution in [-0.2, 0) is 23.1 Å². The van der Waals surface area contributed by atoms with E-state index >= 15 is 0 Å². The first kappa shape index (κ1) is 16.6. The minimum Gasteiger partial charge on any atom is -0.481 e. The second kappa shape index (κ2) is 6.00. The Morgan fingerprint density at radius 3 is 2.87 bits per heavy atom. The van der Waals surface area contributed by atoms with Gasteiger partial charge in [0, 0.05) is 35.1 Å². The predicted octanol–water partition coefficient (Wildman–Crippen LogP) is 3.48. The van der Waals surface area contributed by atoms with Gasteiger partial charge in [-0.05, 0) is 11.6 Å². The number of carboxylic acids is 1. The number of carbonyl (C=O) groups excluding carboxylic acids is 1. The molecule has 122 valence electrons. The molecule has 0 spiro atoms. The fraction of sp³-hybridized carbons (Fsp3) is 0.333. The summed E-state index contributed by atoms with van der Waals surface area (Å²) < 4.78 is 2.60. The first-order valence-corrected chi connectivity index (χ1v) is 8.49. The number of nitrogens with one attached hydrogen (secondary N) is 1. The van der Waals surface area contributed by atoms with Crippen molar-refractivity contribution in [2.75, 3.05) is 6.54 Å². The van der Waals surface area contributed by atoms with Crippen LogP contribution in [0.5, 0.6) is 0 Å². The molecule has 1 aliphatic heterocycles. The van der Waals surface area contributed by atoms with Crippen molar-refractivity contribution in [1.82, 2.24) is 9.88 Å². The lowest BCUT2D eigenvalue weighted by molar-refractivity contribution is -0.137. The summed E-state index contributed by atoms with van der Waals surface area (Å²) in [5.41, 5.74) is 2.32. The molecule has 0 saturated carbocycles. The molecule has 1 aromatic heterocycles. The van der Waals surface area contributed by atoms with Gasteiger partial charge in [-0.2, -0.15) is 0 Å². The molecule has 1 atom stereocenters. The van der Waals surface area contributed by atoms with Gasteiger partial charge in [-0.15, -0.1) is 0 Å². The van der Waals surface area contributed by atoms with E-state index in [-0.39, 0.29) is 31.2 Å². The molecule has 1 amide bonds. The summed E-state index contributed by atoms with van der Waals surface area (Å²) in [5, 5.41) is 13.6. The van der Waals surface area contributed by atoms with Gasteiger partial charge < -0.3 is 15.0 Å². The highest BCUT2D eigenvalue weighted by atomic mass is 79.9. The van der Waals surface area contributed by atoms with Crippen molar-refractivity contribution in [3.8, 4) is 0 Å². The summed E-state index contributed by atoms with van der Waals surface area (Å²) in [5.74, 6) is -1.37. The van der Waals surface area contributed by atoms with Crippen molar-refractivity contribution in [1.29, 1.82) is 0 Å². The number of fused-ring (bicyclic) bond motifs is 3. The average molecular weight is 420 g/mol. The Kier molecular flexibility index (Phi) is 4.33. The van der Waals surface area contributed by atoms with E-state index in [2.05, 4.69) is 21.2 Å². The molecule has 0 fully saturated rings. The van der Waals surface area contributed by atoms with Gasteiger partial charge >= 0.3 is 5.97 Å². The normalized spacial score (nSPS) is 17.7. The highest BCUT2D eigenvalue weighted by Crippen LogP contribution is 2.43. The van der Waals surface area contributed by atoms with E-state index in [1.165, 1.54) is 0 Å². The standard InChI is InChI=1S/C15H13BrCl2N2O3/c1-20-14-6(2-11(22)23)5-19-10(21)3-7(14)12-8(16)4-9(17)13(18)15(12)20/h4,6H,2-3,5H2,1H3,(H,19,21)(H,22,23). The maximum Gasteiger partial charge on any atom is 0.304 e. The van der Waals surface area contributed by atoms with E-state index in [0.717, 1.165) is 21.1 Å². The van der Waals surface area contributed by atoms with E-state index in [1.54, 1.807) is 6.07 Å². The molecule has 2 N–H and O–H groups in total. The van der Waals surface area contributed by atoms with Crippen LogP contribution in [0, 0.1) is 0 Å². The highest BCUT2D eigenvalue weighted by molar-refractivity contribution is 9.10. The zero-order valence-electron chi connectivity index (χ0n) is 12.1. The van der Waals surface area contributed by atoms with Crippen LogP contribution in [-0.4, -0.2) is 28.1 Å². The monoisotopic (exact) mass is 418 g/mol. The summed E-state index contributed by atoms with van der Waals surface area (Å²) in [4.78, 5) is 23.3. The second-order valence-electron chi connectivity index (χ2n) is 5.58. The van der Waals surface area contributed by atoms with Crippen molar-refractivity contribution in [2.45, 2.75) is 18.8 Å². The largest absolute Gasteiger partial charge is 0.481 e. The molecular formula is C15H13BrCl2N2O3. The Hall–Kier alpha value is -1.24. The van der Waals surface area contributed by atoms with Crippen LogP contribution in [0.3, 0.4) is 0 Å². The zero-order chi connectivity index (χ0) is 16.9. The topological polar surface area (TPSA) is 71.3 Å². The van der Waals surface area contributed by atoms with Crippen LogP contribution in [0.2, 0.25) is 10.0 Å². The van der Waals surface area contributed by atoms with Gasteiger partial charge in [-0.25, -0.2) is 0 Å². The lowest BCUT2D eigenvalue weighted by Gasteiger charge is -2.16. The second-order valence-corrected chi connectivity index (χ2v) is 7.22. The van der Waals surface area contributed by atoms with Crippen LogP contribution >= 0.6 is 39.1 Å². The molecule has 1 aliphatic rings. The number of nitrogens with zero attached hydrogens (tertiary/aromatic N) is 1. The van der Waals surface area contributed by atoms with E-state index in [9.17, 15) is 14.7 Å². The fourth-order valence-corrected chi connectivity index (χ4v) is 4.53. The maximum absolute atomic E-state index is 12.1. The smallest absolute Gasteiger partial charge is 0.304 e. The van der Waals surface area contributed by atoms with Crippen LogP contribution in [0.1, 0.15) is 23.6 Å². The average Bonchev–Trinajstić information content (AvgIpc) is 2.63. The van der Waals surface area contributed by atoms with Crippen molar-refractivity contribution in [3.05, 3.63) is 31.8 Å². The lowest BCUT2D eigenvalue weighted by Crippen LogP contribution is -2.27. The SMILES string of the molecule is Cn1c2c(c3c(Br)cc(Cl)c(Cl)c31)CC(=O)NCC2CC(=O)O. The molecule has 23 heavy (non-hydrogen) atoms. The fourth-order valence-electron chi connectivity index (χ4n) is 3.27. The van der Waals surface area contributed by atoms with Crippen LogP contribution < -0.4 is 5.32 Å². The van der Waals surface area contributed by atoms with E-state index in [1.807, 2.05) is 11.6 Å². The molecule has 3 rings (SSSR count). The quantitative estimate of drug-likeness (QED) is 0.732. The van der Waals surface area contributed by atoms with Crippen LogP contribution in [0.25, 0.3) is 10.9 Å². The van der Waals surface area contributed by atoms with Gasteiger partial charge in [0.1, 0.15) is 0 Å². The Bertz CT molecular complexity index is 847. The van der Waals surface area contributed by atoms with Gasteiger partial charge in [0.05, 0.1) is 28.4 Å². The number of aliphatic carboxylic acids is 1. The molecule has 0 aliphatic carbocycles. The molecular weight excluding hydrogens is 407 g/mol. The van der Waals surface area contributed by atoms with Crippen molar-refractivity contribution in [2.24, 2.45) is 7.05 Å². The number of benzene rings is 1. The van der Waals surface area contributed by atoms with Gasteiger partial charge in [0.2, 0.25) is 5.91 Å². The molecule has 8 heteroatoms. The number of hydrogen-bond donors (Lipinski definition) is 2. The Morgan fingerprint density at radius 1 is 1.52 bits per heavy atom. The van der Waals surface area contributed by atoms with Crippen molar-refractivity contribution < 1.29 is 14.7 Å². The summed E-state index contributed by atoms with van der Waals surface area (Å²) >= 11 is 16.0. The van der Waals surface area contributed by atoms with Gasteiger partial charge in [0.15, 0.2) is 0 Å². The van der Waals surface area contributed by atoms with E-state index in [0.29, 0.717) is 15.6 Å². The Balaban J connectivity index is 2.37. The molecule has 2 heterocycles. The minimum atomic E-state index is -0.912. The van der Waals surface area contributed by atoms with Gasteiger partial charge in [-0.1, -0.05) is 39.1 Å². The number of amides is 1. The van der Waals surface area contributed by atoms with Crippen molar-refractivity contribution >= 4 is 61.9 Å². The molecule has 1 unspecified atom stereocenters. The Labute approximate surface area is 150 Å². The molecule has 0 saturated heterocycles. The molecule has 0 bridgehead atoms. The third-order valence-electron chi connectivity index (χ3n) is 4.15. The summed E-state index contributed by atoms with van der Waals surface area (Å²) in [6.07, 6.45) is 0.111. The minimum absolute atomic E-state index is 0.0690. The third-order valence-corrected chi connectivity index (χ3v) is 5.55. The first-order valence-electron chi connectivity index (χ1n) is 6.94. The predicted molar refractivity (Wildman–Crippen MR) is 92.3 cm³/mol. The van der Waals surface area contributed by atoms with Crippen molar-refractivity contribution in [3.63, 3.8) is 0 Å². The van der Waals surface area contributed by atoms with Gasteiger partial charge in [0.25, 0.3) is 0 Å². The maximum atomic E-state index is 12.1. The lowest BCUT2D eigenvalue weighted by atomic mass is 9.97. The number of rotatable bonds is 2. The first-order chi connectivity index (χ1) is 10.8. The summed E-state index contributed by atoms with van der Waals surface area (Å²) in [6.45, 7) is 0.283. The van der Waals surface area contributed by atoms with Crippen LogP contribution in [0.4, 0.5) is 0 Å². The molecule has 1 aromatic carbocycles. The summed E-state index contributed by atoms with van der Waals surface area (Å²) in [6, 6.07) is 1.70. The number of carboxylic acid groups (broad SMARTS) is 1.